The molecule has 6 rings (SSSR count). The quantitative estimate of drug-likeness (QED) is 0.241. The molecule has 2 aromatic rings. The Morgan fingerprint density at radius 3 is 2.38 bits per heavy atom. The van der Waals surface area contributed by atoms with Crippen molar-refractivity contribution in [3.8, 4) is 22.6 Å². The normalized spacial score (nSPS) is 35.1. The fraction of sp³-hybridized carbons (Fsp3) is 0.605. The molecule has 0 bridgehead atoms. The minimum absolute atomic E-state index is 0.0316. The molecule has 4 aliphatic carbocycles. The SMILES string of the molecule is COc1ccc(CNC2CCCCC2)cc1-c1ccc(O)c2c1C[C@]1(C)C[C@]3(C)[C@@H](C(C)C)C(O)[C@@H](C(N)=O)C(=O)[C@]3(O)C(O)[C@H]1C2=O. The van der Waals surface area contributed by atoms with Gasteiger partial charge in [-0.1, -0.05) is 59.1 Å². The van der Waals surface area contributed by atoms with E-state index in [9.17, 15) is 34.8 Å². The molecule has 0 saturated heterocycles. The highest BCUT2D eigenvalue weighted by Gasteiger charge is 2.76. The van der Waals surface area contributed by atoms with Crippen molar-refractivity contribution in [1.82, 2.24) is 5.32 Å². The number of phenolic OH excluding ortho intramolecular Hbond substituents is 1. The number of carbonyl (C=O) groups excluding carboxylic acids is 3. The van der Waals surface area contributed by atoms with E-state index in [1.165, 1.54) is 25.3 Å². The Morgan fingerprint density at radius 2 is 1.75 bits per heavy atom. The Bertz CT molecular complexity index is 1630. The Labute approximate surface area is 282 Å². The molecule has 8 atom stereocenters. The number of carbonyl (C=O) groups is 3. The summed E-state index contributed by atoms with van der Waals surface area (Å²) < 4.78 is 5.80. The maximum absolute atomic E-state index is 14.6. The van der Waals surface area contributed by atoms with Gasteiger partial charge in [-0.25, -0.2) is 0 Å². The van der Waals surface area contributed by atoms with Gasteiger partial charge < -0.3 is 36.2 Å². The number of fused-ring (bicyclic) bond motifs is 3. The van der Waals surface area contributed by atoms with Crippen LogP contribution in [0.3, 0.4) is 0 Å². The number of hydrogen-bond acceptors (Lipinski definition) is 9. The van der Waals surface area contributed by atoms with Gasteiger partial charge >= 0.3 is 0 Å². The van der Waals surface area contributed by atoms with Gasteiger partial charge in [-0.2, -0.15) is 0 Å². The van der Waals surface area contributed by atoms with Crippen molar-refractivity contribution in [2.75, 3.05) is 7.11 Å². The molecule has 10 heteroatoms. The summed E-state index contributed by atoms with van der Waals surface area (Å²) in [5.41, 5.74) is 3.75. The number of rotatable bonds is 7. The van der Waals surface area contributed by atoms with E-state index in [4.69, 9.17) is 10.5 Å². The number of aliphatic hydroxyl groups excluding tert-OH is 2. The first kappa shape index (κ1) is 34.5. The van der Waals surface area contributed by atoms with Crippen LogP contribution in [0.1, 0.15) is 87.7 Å². The van der Waals surface area contributed by atoms with Gasteiger partial charge in [0, 0.05) is 23.6 Å². The van der Waals surface area contributed by atoms with Gasteiger partial charge in [0.15, 0.2) is 17.2 Å². The van der Waals surface area contributed by atoms with Crippen LogP contribution in [-0.2, 0) is 22.6 Å². The van der Waals surface area contributed by atoms with Crippen LogP contribution in [0.5, 0.6) is 11.5 Å². The summed E-state index contributed by atoms with van der Waals surface area (Å²) in [5.74, 6) is -6.57. The highest BCUT2D eigenvalue weighted by atomic mass is 16.5. The summed E-state index contributed by atoms with van der Waals surface area (Å²) in [4.78, 5) is 41.0. The molecule has 0 aromatic heterocycles. The van der Waals surface area contributed by atoms with Gasteiger partial charge in [0.1, 0.15) is 23.5 Å². The minimum atomic E-state index is -2.55. The zero-order valence-electron chi connectivity index (χ0n) is 28.6. The summed E-state index contributed by atoms with van der Waals surface area (Å²) in [6.07, 6.45) is 2.94. The lowest BCUT2D eigenvalue weighted by molar-refractivity contribution is -0.265. The number of Topliss-reactive ketones (excluding diaryl/α,β-unsaturated/α-hetero) is 2. The second-order valence-corrected chi connectivity index (χ2v) is 15.7. The van der Waals surface area contributed by atoms with Gasteiger partial charge in [0.2, 0.25) is 5.91 Å². The smallest absolute Gasteiger partial charge is 0.230 e. The van der Waals surface area contributed by atoms with Crippen LogP contribution >= 0.6 is 0 Å². The highest BCUT2D eigenvalue weighted by molar-refractivity contribution is 6.09. The number of ketones is 2. The maximum Gasteiger partial charge on any atom is 0.230 e. The Morgan fingerprint density at radius 1 is 1.06 bits per heavy atom. The van der Waals surface area contributed by atoms with E-state index in [0.717, 1.165) is 24.0 Å². The molecular weight excluding hydrogens is 612 g/mol. The monoisotopic (exact) mass is 662 g/mol. The van der Waals surface area contributed by atoms with Crippen LogP contribution in [-0.4, -0.2) is 68.9 Å². The number of phenols is 1. The summed E-state index contributed by atoms with van der Waals surface area (Å²) in [7, 11) is 1.59. The Balaban J connectivity index is 1.46. The van der Waals surface area contributed by atoms with Crippen LogP contribution in [0.15, 0.2) is 30.3 Å². The van der Waals surface area contributed by atoms with Gasteiger partial charge in [0.25, 0.3) is 0 Å². The van der Waals surface area contributed by atoms with E-state index in [1.54, 1.807) is 20.1 Å². The third kappa shape index (κ3) is 5.01. The molecule has 7 N–H and O–H groups in total. The lowest BCUT2D eigenvalue weighted by Crippen LogP contribution is -2.79. The minimum Gasteiger partial charge on any atom is -0.507 e. The fourth-order valence-corrected chi connectivity index (χ4v) is 10.4. The first-order valence-electron chi connectivity index (χ1n) is 17.3. The van der Waals surface area contributed by atoms with E-state index < -0.39 is 63.9 Å². The maximum atomic E-state index is 14.6. The van der Waals surface area contributed by atoms with Crippen molar-refractivity contribution in [2.45, 2.75) is 103 Å². The predicted octanol–water partition coefficient (Wildman–Crippen LogP) is 3.67. The highest BCUT2D eigenvalue weighted by Crippen LogP contribution is 2.66. The second-order valence-electron chi connectivity index (χ2n) is 15.7. The van der Waals surface area contributed by atoms with Crippen LogP contribution in [0.25, 0.3) is 11.1 Å². The predicted molar refractivity (Wildman–Crippen MR) is 179 cm³/mol. The number of nitrogens with one attached hydrogen (secondary N) is 1. The van der Waals surface area contributed by atoms with Crippen molar-refractivity contribution < 1.29 is 39.5 Å². The van der Waals surface area contributed by atoms with Crippen LogP contribution in [0.4, 0.5) is 0 Å². The van der Waals surface area contributed by atoms with Gasteiger partial charge in [0.05, 0.1) is 24.7 Å². The van der Waals surface area contributed by atoms with E-state index in [2.05, 4.69) is 5.32 Å². The number of primary amides is 1. The molecule has 0 aliphatic heterocycles. The molecule has 48 heavy (non-hydrogen) atoms. The number of amides is 1. The number of hydrogen-bond donors (Lipinski definition) is 6. The molecular formula is C38H50N2O8. The van der Waals surface area contributed by atoms with Gasteiger partial charge in [-0.3, -0.25) is 14.4 Å². The molecule has 3 saturated carbocycles. The summed E-state index contributed by atoms with van der Waals surface area (Å²) in [5, 5.41) is 50.7. The van der Waals surface area contributed by atoms with Crippen LogP contribution in [0, 0.1) is 34.5 Å². The topological polar surface area (TPSA) is 179 Å². The first-order chi connectivity index (χ1) is 22.6. The number of aromatic hydroxyl groups is 1. The molecule has 260 valence electrons. The summed E-state index contributed by atoms with van der Waals surface area (Å²) in [6.45, 7) is 7.84. The van der Waals surface area contributed by atoms with E-state index in [-0.39, 0.29) is 30.1 Å². The number of nitrogens with two attached hydrogens (primary N) is 1. The molecule has 10 nitrogen and oxygen atoms in total. The molecule has 3 fully saturated rings. The second kappa shape index (κ2) is 12.2. The van der Waals surface area contributed by atoms with Crippen molar-refractivity contribution in [1.29, 1.82) is 0 Å². The Kier molecular flexibility index (Phi) is 8.80. The fourth-order valence-electron chi connectivity index (χ4n) is 10.4. The van der Waals surface area contributed by atoms with Crippen molar-refractivity contribution in [3.05, 3.63) is 47.0 Å². The first-order valence-corrected chi connectivity index (χ1v) is 17.3. The molecule has 0 radical (unpaired) electrons. The lowest BCUT2D eigenvalue weighted by atomic mass is 9.39. The third-order valence-electron chi connectivity index (χ3n) is 12.4. The third-order valence-corrected chi connectivity index (χ3v) is 12.4. The van der Waals surface area contributed by atoms with Crippen LogP contribution < -0.4 is 15.8 Å². The Hall–Kier alpha value is -3.31. The van der Waals surface area contributed by atoms with E-state index in [0.29, 0.717) is 29.5 Å². The van der Waals surface area contributed by atoms with E-state index in [1.807, 2.05) is 39.0 Å². The zero-order chi connectivity index (χ0) is 34.9. The number of ether oxygens (including phenoxy) is 1. The molecule has 2 aromatic carbocycles. The molecule has 0 spiro atoms. The van der Waals surface area contributed by atoms with Gasteiger partial charge in [-0.05, 0) is 77.8 Å². The molecule has 0 heterocycles. The summed E-state index contributed by atoms with van der Waals surface area (Å²) in [6, 6.07) is 9.67. The lowest BCUT2D eigenvalue weighted by Gasteiger charge is -2.66. The van der Waals surface area contributed by atoms with Crippen molar-refractivity contribution >= 4 is 17.5 Å². The number of methoxy groups -OCH3 is 1. The molecule has 2 unspecified atom stereocenters. The standard InChI is InChI=1S/C38H50N2O8/c1-19(2)29-32(43)28(35(39)46)33(44)38(47)34(45)30-31(42)27-24(16-36(30,3)18-37(29,38)4)22(12-13-25(27)41)23-15-20(11-14-26(23)48-5)17-40-21-9-7-6-8-10-21/h11-15,19,21,28-30,32,34,40-41,43,45,47H,6-10,16-18H2,1-5H3,(H2,39,46)/t28-,29+,30-,32?,34?,36-,37-,38+/m1/s1. The average molecular weight is 663 g/mol. The molecule has 4 aliphatic rings. The van der Waals surface area contributed by atoms with Gasteiger partial charge in [-0.15, -0.1) is 0 Å². The average Bonchev–Trinajstić information content (AvgIpc) is 3.02. The number of benzene rings is 2. The van der Waals surface area contributed by atoms with E-state index >= 15 is 0 Å². The van der Waals surface area contributed by atoms with Crippen molar-refractivity contribution in [2.24, 2.45) is 40.2 Å². The molecule has 1 amide bonds. The van der Waals surface area contributed by atoms with Crippen molar-refractivity contribution in [3.63, 3.8) is 0 Å². The number of aliphatic hydroxyl groups is 3. The summed E-state index contributed by atoms with van der Waals surface area (Å²) >= 11 is 0. The van der Waals surface area contributed by atoms with Crippen LogP contribution in [0.2, 0.25) is 0 Å². The largest absolute Gasteiger partial charge is 0.507 e. The zero-order valence-corrected chi connectivity index (χ0v) is 28.6.